The molecule has 0 spiro atoms. The lowest BCUT2D eigenvalue weighted by Crippen LogP contribution is -2.44. The molecule has 0 saturated heterocycles. The molecule has 1 aliphatic carbocycles. The lowest BCUT2D eigenvalue weighted by atomic mass is 9.71. The van der Waals surface area contributed by atoms with Crippen molar-refractivity contribution >= 4 is 71.5 Å². The van der Waals surface area contributed by atoms with Gasteiger partial charge in [0, 0.05) is 48.1 Å². The van der Waals surface area contributed by atoms with Crippen molar-refractivity contribution < 1.29 is 9.59 Å². The van der Waals surface area contributed by atoms with Gasteiger partial charge in [0.25, 0.3) is 11.8 Å². The number of hydrogen-bond acceptors (Lipinski definition) is 6. The molecule has 2 unspecified atom stereocenters. The van der Waals surface area contributed by atoms with Crippen LogP contribution in [0.4, 0.5) is 11.9 Å². The van der Waals surface area contributed by atoms with Gasteiger partial charge in [-0.05, 0) is 78.2 Å². The van der Waals surface area contributed by atoms with Crippen molar-refractivity contribution in [3.63, 3.8) is 0 Å². The lowest BCUT2D eigenvalue weighted by Gasteiger charge is -2.37. The van der Waals surface area contributed by atoms with Gasteiger partial charge in [0.1, 0.15) is 11.4 Å². The number of imidazole rings is 2. The Morgan fingerprint density at radius 3 is 2.50 bits per heavy atom. The van der Waals surface area contributed by atoms with Crippen LogP contribution >= 0.6 is 47.8 Å². The SMILES string of the molecule is Cn1c(C(=O)NCC2Cc3[nH]c(N)nc3C(c3cnc(N)[nH]3)[C@@H]2CNC(=O)c2cc(Br)c[nH]2)cc(Br)c1Br. The van der Waals surface area contributed by atoms with Crippen LogP contribution in [0.2, 0.25) is 0 Å². The predicted octanol–water partition coefficient (Wildman–Crippen LogP) is 3.03. The van der Waals surface area contributed by atoms with Crippen molar-refractivity contribution in [2.45, 2.75) is 12.3 Å². The zero-order chi connectivity index (χ0) is 27.1. The molecule has 5 rings (SSSR count). The first-order valence-corrected chi connectivity index (χ1v) is 14.1. The molecule has 0 fully saturated rings. The van der Waals surface area contributed by atoms with Crippen LogP contribution < -0.4 is 22.1 Å². The highest BCUT2D eigenvalue weighted by Gasteiger charge is 2.41. The topological polar surface area (TPSA) is 188 Å². The number of rotatable bonds is 7. The largest absolute Gasteiger partial charge is 0.369 e. The van der Waals surface area contributed by atoms with Gasteiger partial charge in [0.05, 0.1) is 21.0 Å². The molecule has 0 bridgehead atoms. The van der Waals surface area contributed by atoms with Gasteiger partial charge in [-0.3, -0.25) is 9.59 Å². The number of nitrogens with zero attached hydrogens (tertiary/aromatic N) is 3. The summed E-state index contributed by atoms with van der Waals surface area (Å²) in [7, 11) is 1.81. The third-order valence-corrected chi connectivity index (χ3v) is 9.39. The Labute approximate surface area is 242 Å². The molecule has 0 saturated carbocycles. The molecule has 1 aliphatic rings. The van der Waals surface area contributed by atoms with Crippen molar-refractivity contribution in [1.29, 1.82) is 0 Å². The second-order valence-electron chi connectivity index (χ2n) is 9.19. The van der Waals surface area contributed by atoms with E-state index in [0.717, 1.165) is 30.6 Å². The summed E-state index contributed by atoms with van der Waals surface area (Å²) in [5, 5.41) is 6.12. The van der Waals surface area contributed by atoms with Gasteiger partial charge < -0.3 is 41.6 Å². The van der Waals surface area contributed by atoms with E-state index < -0.39 is 0 Å². The highest BCUT2D eigenvalue weighted by atomic mass is 79.9. The minimum absolute atomic E-state index is 0.0800. The first kappa shape index (κ1) is 26.6. The molecule has 2 amide bonds. The van der Waals surface area contributed by atoms with E-state index in [2.05, 4.69) is 83.3 Å². The molecule has 0 aromatic carbocycles. The first-order chi connectivity index (χ1) is 18.1. The maximum absolute atomic E-state index is 13.1. The van der Waals surface area contributed by atoms with E-state index in [1.54, 1.807) is 36.1 Å². The second kappa shape index (κ2) is 10.6. The zero-order valence-corrected chi connectivity index (χ0v) is 24.9. The zero-order valence-electron chi connectivity index (χ0n) is 20.1. The third-order valence-electron chi connectivity index (χ3n) is 6.84. The Bertz CT molecular complexity index is 1500. The van der Waals surface area contributed by atoms with Crippen LogP contribution in [0, 0.1) is 11.8 Å². The van der Waals surface area contributed by atoms with Crippen molar-refractivity contribution in [2.24, 2.45) is 18.9 Å². The number of carbonyl (C=O) groups excluding carboxylic acids is 2. The van der Waals surface area contributed by atoms with Crippen LogP contribution in [0.1, 0.15) is 44.0 Å². The molecule has 0 aliphatic heterocycles. The Kier molecular flexibility index (Phi) is 7.42. The van der Waals surface area contributed by atoms with E-state index in [1.807, 2.05) is 0 Å². The minimum Gasteiger partial charge on any atom is -0.369 e. The van der Waals surface area contributed by atoms with E-state index in [-0.39, 0.29) is 35.5 Å². The number of hydrogen-bond donors (Lipinski definition) is 7. The first-order valence-electron chi connectivity index (χ1n) is 11.7. The number of carbonyl (C=O) groups is 2. The van der Waals surface area contributed by atoms with Crippen molar-refractivity contribution in [1.82, 2.24) is 40.1 Å². The number of fused-ring (bicyclic) bond motifs is 1. The Morgan fingerprint density at radius 1 is 1.11 bits per heavy atom. The van der Waals surface area contributed by atoms with Gasteiger partial charge in [-0.15, -0.1) is 0 Å². The highest BCUT2D eigenvalue weighted by molar-refractivity contribution is 9.13. The molecule has 0 radical (unpaired) electrons. The van der Waals surface area contributed by atoms with Crippen molar-refractivity contribution in [2.75, 3.05) is 24.6 Å². The van der Waals surface area contributed by atoms with Gasteiger partial charge in [-0.2, -0.15) is 0 Å². The van der Waals surface area contributed by atoms with E-state index >= 15 is 0 Å². The fourth-order valence-corrected chi connectivity index (χ4v) is 6.15. The quantitative estimate of drug-likeness (QED) is 0.154. The number of aromatic nitrogens is 6. The number of halogens is 3. The highest BCUT2D eigenvalue weighted by Crippen LogP contribution is 2.42. The molecule has 4 aromatic heterocycles. The molecule has 9 N–H and O–H groups in total. The molecule has 38 heavy (non-hydrogen) atoms. The molecule has 4 heterocycles. The van der Waals surface area contributed by atoms with Gasteiger partial charge in [-0.25, -0.2) is 9.97 Å². The lowest BCUT2D eigenvalue weighted by molar-refractivity contribution is 0.0904. The summed E-state index contributed by atoms with van der Waals surface area (Å²) in [5.41, 5.74) is 15.3. The Balaban J connectivity index is 1.44. The Morgan fingerprint density at radius 2 is 1.87 bits per heavy atom. The summed E-state index contributed by atoms with van der Waals surface area (Å²) in [6, 6.07) is 3.47. The standard InChI is InChI=1S/C23H25Br3N10O2/c1-36-16(4-12(25)19(36)26)21(38)30-5-9-2-13-18(35-23(28)33-13)17(15-8-32-22(27)34-15)11(9)7-31-20(37)14-3-10(24)6-29-14/h3-4,6,8-9,11,17,29H,2,5,7H2,1H3,(H,30,38)(H,31,37)(H3,27,32,34)(H3,28,33,35)/t9?,11-,17?/m1/s1. The van der Waals surface area contributed by atoms with Gasteiger partial charge in [0.15, 0.2) is 11.9 Å². The number of amides is 2. The number of aromatic amines is 3. The molecule has 15 heteroatoms. The van der Waals surface area contributed by atoms with Crippen LogP contribution in [0.25, 0.3) is 0 Å². The number of anilines is 2. The van der Waals surface area contributed by atoms with E-state index in [1.165, 1.54) is 0 Å². The van der Waals surface area contributed by atoms with Crippen LogP contribution in [-0.2, 0) is 13.5 Å². The number of nitrogens with one attached hydrogen (secondary N) is 5. The molecular weight excluding hydrogens is 688 g/mol. The van der Waals surface area contributed by atoms with E-state index in [9.17, 15) is 9.59 Å². The summed E-state index contributed by atoms with van der Waals surface area (Å²) in [6.07, 6.45) is 3.95. The van der Waals surface area contributed by atoms with Crippen LogP contribution in [-0.4, -0.2) is 54.4 Å². The fraction of sp³-hybridized carbons (Fsp3) is 0.304. The van der Waals surface area contributed by atoms with Crippen molar-refractivity contribution in [3.05, 3.63) is 66.5 Å². The minimum atomic E-state index is -0.298. The van der Waals surface area contributed by atoms with Gasteiger partial charge >= 0.3 is 0 Å². The summed E-state index contributed by atoms with van der Waals surface area (Å²) in [5.74, 6) is -0.423. The Hall–Kier alpha value is -3.04. The van der Waals surface area contributed by atoms with Crippen LogP contribution in [0.5, 0.6) is 0 Å². The predicted molar refractivity (Wildman–Crippen MR) is 152 cm³/mol. The fourth-order valence-electron chi connectivity index (χ4n) is 5.02. The summed E-state index contributed by atoms with van der Waals surface area (Å²) in [4.78, 5) is 44.0. The molecular formula is C23H25Br3N10O2. The second-order valence-corrected chi connectivity index (χ2v) is 11.7. The molecule has 4 aromatic rings. The van der Waals surface area contributed by atoms with Gasteiger partial charge in [-0.1, -0.05) is 0 Å². The third kappa shape index (κ3) is 5.14. The van der Waals surface area contributed by atoms with Gasteiger partial charge in [0.2, 0.25) is 0 Å². The smallest absolute Gasteiger partial charge is 0.267 e. The summed E-state index contributed by atoms with van der Waals surface area (Å²) in [6.45, 7) is 0.666. The maximum atomic E-state index is 13.1. The average Bonchev–Trinajstić information content (AvgIpc) is 3.65. The van der Waals surface area contributed by atoms with Crippen LogP contribution in [0.15, 0.2) is 38.1 Å². The molecule has 12 nitrogen and oxygen atoms in total. The molecule has 200 valence electrons. The van der Waals surface area contributed by atoms with E-state index in [4.69, 9.17) is 11.5 Å². The van der Waals surface area contributed by atoms with Crippen LogP contribution in [0.3, 0.4) is 0 Å². The summed E-state index contributed by atoms with van der Waals surface area (Å²) < 4.78 is 4.10. The maximum Gasteiger partial charge on any atom is 0.267 e. The number of nitrogens with two attached hydrogens (primary N) is 2. The summed E-state index contributed by atoms with van der Waals surface area (Å²) >= 11 is 10.3. The number of nitrogen functional groups attached to an aromatic ring is 2. The van der Waals surface area contributed by atoms with E-state index in [0.29, 0.717) is 36.8 Å². The van der Waals surface area contributed by atoms with Crippen molar-refractivity contribution in [3.8, 4) is 0 Å². The average molecular weight is 713 g/mol. The number of H-pyrrole nitrogens is 3. The normalized spacial score (nSPS) is 18.8. The monoisotopic (exact) mass is 710 g/mol. The molecule has 3 atom stereocenters.